The first kappa shape index (κ1) is 37.4. The van der Waals surface area contributed by atoms with Crippen molar-refractivity contribution in [2.24, 2.45) is 0 Å². The molecule has 78 valence electrons. The zero-order valence-corrected chi connectivity index (χ0v) is 12.5. The maximum Gasteiger partial charge on any atom is 2.00 e. The molecule has 0 aliphatic carbocycles. The van der Waals surface area contributed by atoms with E-state index in [-0.39, 0.29) is 58.9 Å². The molecule has 0 unspecified atom stereocenters. The van der Waals surface area contributed by atoms with Crippen molar-refractivity contribution in [3.05, 3.63) is 11.8 Å². The maximum absolute atomic E-state index is 2.08. The number of hydrogen-bond donors (Lipinski definition) is 0. The van der Waals surface area contributed by atoms with Crippen molar-refractivity contribution in [1.82, 2.24) is 0 Å². The molecule has 0 atom stereocenters. The second-order valence-electron chi connectivity index (χ2n) is 3.00. The van der Waals surface area contributed by atoms with Crippen molar-refractivity contribution in [2.45, 2.75) is 41.5 Å². The smallest absolute Gasteiger partial charge is 1.00 e. The Hall–Kier alpha value is 1.58. The van der Waals surface area contributed by atoms with Crippen LogP contribution in [-0.4, -0.2) is 0 Å². The average Bonchev–Trinajstić information content (AvgIpc) is 1.25. The minimum absolute atomic E-state index is 0. The molecule has 0 aromatic rings. The summed E-state index contributed by atoms with van der Waals surface area (Å²) in [4.78, 5) is 0. The first-order valence-corrected chi connectivity index (χ1v) is 3.00. The molecule has 0 spiro atoms. The van der Waals surface area contributed by atoms with Crippen LogP contribution in [0.5, 0.6) is 0 Å². The van der Waals surface area contributed by atoms with Crippen molar-refractivity contribution < 1.29 is 58.9 Å². The molecule has 0 radical (unpaired) electrons. The molecule has 0 aromatic heterocycles. The van der Waals surface area contributed by atoms with Gasteiger partial charge in [-0.3, -0.25) is 0 Å². The molecule has 0 saturated heterocycles. The van der Waals surface area contributed by atoms with Gasteiger partial charge in [0, 0.05) is 0 Å². The number of halogens is 3. The van der Waals surface area contributed by atoms with Gasteiger partial charge in [-0.15, -0.1) is 0 Å². The second kappa shape index (κ2) is 29.4. The van der Waals surface area contributed by atoms with E-state index in [9.17, 15) is 0 Å². The normalized spacial score (nSPS) is 6.00. The van der Waals surface area contributed by atoms with Crippen LogP contribution >= 0.6 is 0 Å². The number of rotatable bonds is 0. The zero-order valence-electron chi connectivity index (χ0n) is 8.63. The van der Waals surface area contributed by atoms with Crippen LogP contribution in [0.25, 0.3) is 0 Å². The molecule has 0 N–H and O–H groups in total. The molecule has 0 rings (SSSR count). The summed E-state index contributed by atoms with van der Waals surface area (Å²) in [5.74, 6) is 2.83. The van der Waals surface area contributed by atoms with E-state index in [1.807, 2.05) is 0 Å². The zero-order chi connectivity index (χ0) is 7.15. The summed E-state index contributed by atoms with van der Waals surface area (Å²) in [7, 11) is 0. The van der Waals surface area contributed by atoms with Crippen LogP contribution in [-0.2, 0) is 21.7 Å². The second-order valence-corrected chi connectivity index (χ2v) is 3.00. The van der Waals surface area contributed by atoms with Gasteiger partial charge in [0.1, 0.15) is 0 Å². The fraction of sp³-hybridized carbons (Fsp3) is 0.750. The molecule has 0 heterocycles. The summed E-state index contributed by atoms with van der Waals surface area (Å²) in [5.41, 5.74) is 0. The van der Waals surface area contributed by atoms with Gasteiger partial charge >= 0.3 is 21.7 Å². The predicted octanol–water partition coefficient (Wildman–Crippen LogP) is -5.75. The van der Waals surface area contributed by atoms with Gasteiger partial charge in [-0.25, -0.2) is 0 Å². The molecule has 0 aliphatic rings. The van der Waals surface area contributed by atoms with E-state index < -0.39 is 0 Å². The SMILES string of the molecule is C[C-](C)C.C[C-](C)C.[Cl-].[Cl-].[Cl-].[Ti+2]. The van der Waals surface area contributed by atoms with Gasteiger partial charge < -0.3 is 49.1 Å². The van der Waals surface area contributed by atoms with Crippen LogP contribution in [0.2, 0.25) is 0 Å². The molecule has 0 aromatic carbocycles. The minimum atomic E-state index is 0. The van der Waals surface area contributed by atoms with E-state index in [0.717, 1.165) is 0 Å². The Morgan fingerprint density at radius 3 is 0.500 bits per heavy atom. The molecular formula is C8H18Cl3Ti-3. The largest absolute Gasteiger partial charge is 2.00 e. The molecule has 0 amide bonds. The van der Waals surface area contributed by atoms with Crippen molar-refractivity contribution in [1.29, 1.82) is 0 Å². The topological polar surface area (TPSA) is 0 Å². The standard InChI is InChI=1S/2C4H9.3ClH.Ti/c2*1-4(2)3;;;;/h2*1-3H3;3*1H;/q2*-1;;;;+2/p-3. The monoisotopic (exact) mass is 267 g/mol. The van der Waals surface area contributed by atoms with Gasteiger partial charge in [-0.2, -0.15) is 41.5 Å². The van der Waals surface area contributed by atoms with Crippen LogP contribution in [0.15, 0.2) is 0 Å². The minimum Gasteiger partial charge on any atom is -1.00 e. The third-order valence-corrected chi connectivity index (χ3v) is 0. The first-order chi connectivity index (χ1) is 3.46. The summed E-state index contributed by atoms with van der Waals surface area (Å²) in [6.07, 6.45) is 0. The van der Waals surface area contributed by atoms with E-state index >= 15 is 0 Å². The summed E-state index contributed by atoms with van der Waals surface area (Å²) < 4.78 is 0. The average molecular weight is 268 g/mol. The summed E-state index contributed by atoms with van der Waals surface area (Å²) in [6.45, 7) is 12.5. The van der Waals surface area contributed by atoms with Crippen LogP contribution in [0.3, 0.4) is 0 Å². The van der Waals surface area contributed by atoms with E-state index in [1.165, 1.54) is 11.8 Å². The van der Waals surface area contributed by atoms with Gasteiger partial charge in [0.25, 0.3) is 0 Å². The third-order valence-electron chi connectivity index (χ3n) is 0. The Morgan fingerprint density at radius 2 is 0.500 bits per heavy atom. The first-order valence-electron chi connectivity index (χ1n) is 3.00. The van der Waals surface area contributed by atoms with Crippen LogP contribution in [0.4, 0.5) is 0 Å². The molecule has 0 bridgehead atoms. The van der Waals surface area contributed by atoms with Crippen LogP contribution < -0.4 is 37.2 Å². The Balaban J connectivity index is -0.0000000112. The van der Waals surface area contributed by atoms with Crippen molar-refractivity contribution >= 4 is 0 Å². The van der Waals surface area contributed by atoms with Gasteiger partial charge in [0.2, 0.25) is 0 Å². The summed E-state index contributed by atoms with van der Waals surface area (Å²) >= 11 is 0. The van der Waals surface area contributed by atoms with Gasteiger partial charge in [-0.1, -0.05) is 0 Å². The van der Waals surface area contributed by atoms with E-state index in [1.54, 1.807) is 0 Å². The van der Waals surface area contributed by atoms with Crippen LogP contribution in [0, 0.1) is 11.8 Å². The van der Waals surface area contributed by atoms with Gasteiger partial charge in [0.05, 0.1) is 0 Å². The third kappa shape index (κ3) is 517. The number of hydrogen-bond acceptors (Lipinski definition) is 0. The van der Waals surface area contributed by atoms with E-state index in [2.05, 4.69) is 41.5 Å². The van der Waals surface area contributed by atoms with Crippen molar-refractivity contribution in [3.63, 3.8) is 0 Å². The fourth-order valence-corrected chi connectivity index (χ4v) is 0. The van der Waals surface area contributed by atoms with Gasteiger partial charge in [0.15, 0.2) is 0 Å². The molecule has 0 fully saturated rings. The molecule has 12 heavy (non-hydrogen) atoms. The van der Waals surface area contributed by atoms with Crippen molar-refractivity contribution in [2.75, 3.05) is 0 Å². The summed E-state index contributed by atoms with van der Waals surface area (Å²) in [5, 5.41) is 0. The van der Waals surface area contributed by atoms with Crippen molar-refractivity contribution in [3.8, 4) is 0 Å². The predicted molar refractivity (Wildman–Crippen MR) is 40.5 cm³/mol. The van der Waals surface area contributed by atoms with E-state index in [0.29, 0.717) is 0 Å². The van der Waals surface area contributed by atoms with Crippen LogP contribution in [0.1, 0.15) is 41.5 Å². The van der Waals surface area contributed by atoms with E-state index in [4.69, 9.17) is 0 Å². The Bertz CT molecular complexity index is 29.8. The van der Waals surface area contributed by atoms with Gasteiger partial charge in [-0.05, 0) is 0 Å². The fourth-order valence-electron chi connectivity index (χ4n) is 0. The summed E-state index contributed by atoms with van der Waals surface area (Å²) in [6, 6.07) is 0. The quantitative estimate of drug-likeness (QED) is 0.303. The molecule has 0 nitrogen and oxygen atoms in total. The molecule has 0 saturated carbocycles. The molecule has 4 heteroatoms. The maximum atomic E-state index is 2.08. The Kier molecular flexibility index (Phi) is 91.5. The molecular weight excluding hydrogens is 250 g/mol. The molecule has 0 aliphatic heterocycles. The Morgan fingerprint density at radius 1 is 0.500 bits per heavy atom. The Labute approximate surface area is 112 Å².